The van der Waals surface area contributed by atoms with Crippen LogP contribution in [0.4, 0.5) is 0 Å². The lowest BCUT2D eigenvalue weighted by atomic mass is 10.1. The van der Waals surface area contributed by atoms with E-state index < -0.39 is 0 Å². The van der Waals surface area contributed by atoms with Crippen molar-refractivity contribution < 1.29 is 19.0 Å². The Labute approximate surface area is 162 Å². The lowest BCUT2D eigenvalue weighted by Crippen LogP contribution is -2.40. The molecular weight excluding hydrogens is 360 g/mol. The number of ether oxygens (including phenoxy) is 1. The summed E-state index contributed by atoms with van der Waals surface area (Å²) in [5.41, 5.74) is 1.55. The molecule has 2 saturated heterocycles. The van der Waals surface area contributed by atoms with Gasteiger partial charge in [-0.25, -0.2) is 4.63 Å². The van der Waals surface area contributed by atoms with Crippen LogP contribution in [0.15, 0.2) is 41.0 Å². The van der Waals surface area contributed by atoms with E-state index >= 15 is 0 Å². The molecule has 0 bridgehead atoms. The van der Waals surface area contributed by atoms with Crippen molar-refractivity contribution in [3.05, 3.63) is 47.7 Å². The second kappa shape index (κ2) is 7.84. The van der Waals surface area contributed by atoms with E-state index in [1.165, 1.54) is 0 Å². The Morgan fingerprint density at radius 3 is 2.86 bits per heavy atom. The van der Waals surface area contributed by atoms with Gasteiger partial charge in [-0.15, -0.1) is 0 Å². The van der Waals surface area contributed by atoms with E-state index in [1.807, 2.05) is 46.2 Å². The molecule has 8 heteroatoms. The lowest BCUT2D eigenvalue weighted by molar-refractivity contribution is -0.129. The zero-order chi connectivity index (χ0) is 19.5. The van der Waals surface area contributed by atoms with E-state index in [0.29, 0.717) is 37.7 Å². The Morgan fingerprint density at radius 2 is 2.11 bits per heavy atom. The Hall–Kier alpha value is -3.16. The largest absolute Gasteiger partial charge is 0.472 e. The van der Waals surface area contributed by atoms with Crippen LogP contribution in [0, 0.1) is 6.92 Å². The second-order valence-electron chi connectivity index (χ2n) is 6.99. The van der Waals surface area contributed by atoms with Crippen molar-refractivity contribution in [1.29, 1.82) is 0 Å². The molecule has 2 fully saturated rings. The van der Waals surface area contributed by atoms with Crippen LogP contribution in [0.1, 0.15) is 24.1 Å². The number of hydrogen-bond donors (Lipinski definition) is 0. The third kappa shape index (κ3) is 3.62. The van der Waals surface area contributed by atoms with E-state index in [0.717, 1.165) is 12.0 Å². The molecule has 2 atom stereocenters. The first-order valence-corrected chi connectivity index (χ1v) is 9.38. The first-order chi connectivity index (χ1) is 13.6. The van der Waals surface area contributed by atoms with Crippen molar-refractivity contribution in [2.24, 2.45) is 0 Å². The van der Waals surface area contributed by atoms with Crippen molar-refractivity contribution in [3.8, 4) is 5.88 Å². The van der Waals surface area contributed by atoms with Crippen molar-refractivity contribution in [1.82, 2.24) is 20.1 Å². The Morgan fingerprint density at radius 1 is 1.29 bits per heavy atom. The Bertz CT molecular complexity index is 879. The molecule has 0 saturated carbocycles. The SMILES string of the molecule is Cc1nonc1OCCN1C(=O)C[C@H]2[C@@H]1CCN2C(=O)/C=C/c1ccccc1. The van der Waals surface area contributed by atoms with E-state index in [2.05, 4.69) is 14.9 Å². The summed E-state index contributed by atoms with van der Waals surface area (Å²) in [4.78, 5) is 28.7. The number of benzene rings is 1. The third-order valence-electron chi connectivity index (χ3n) is 5.30. The standard InChI is InChI=1S/C20H22N4O4/c1-14-20(22-28-21-14)27-12-11-24-16-9-10-23(17(16)13-19(24)26)18(25)8-7-15-5-3-2-4-6-15/h2-8,16-17H,9-13H2,1H3/b8-7+/t16-,17-/m0/s1. The summed E-state index contributed by atoms with van der Waals surface area (Å²) in [6.45, 7) is 3.16. The van der Waals surface area contributed by atoms with Crippen LogP contribution in [0.25, 0.3) is 6.08 Å². The zero-order valence-corrected chi connectivity index (χ0v) is 15.7. The highest BCUT2D eigenvalue weighted by molar-refractivity contribution is 5.93. The highest BCUT2D eigenvalue weighted by Gasteiger charge is 2.47. The van der Waals surface area contributed by atoms with Crippen LogP contribution in [0.2, 0.25) is 0 Å². The molecule has 0 unspecified atom stereocenters. The topological polar surface area (TPSA) is 88.8 Å². The molecule has 0 aliphatic carbocycles. The van der Waals surface area contributed by atoms with Gasteiger partial charge in [-0.05, 0) is 30.1 Å². The van der Waals surface area contributed by atoms with Gasteiger partial charge < -0.3 is 14.5 Å². The summed E-state index contributed by atoms with van der Waals surface area (Å²) >= 11 is 0. The fraction of sp³-hybridized carbons (Fsp3) is 0.400. The molecule has 1 aromatic heterocycles. The van der Waals surface area contributed by atoms with Gasteiger partial charge in [0.05, 0.1) is 18.6 Å². The summed E-state index contributed by atoms with van der Waals surface area (Å²) in [7, 11) is 0. The van der Waals surface area contributed by atoms with Gasteiger partial charge >= 0.3 is 0 Å². The first kappa shape index (κ1) is 18.2. The molecule has 146 valence electrons. The number of carbonyl (C=O) groups is 2. The molecule has 0 radical (unpaired) electrons. The summed E-state index contributed by atoms with van der Waals surface area (Å²) in [6, 6.07) is 9.67. The normalized spacial score (nSPS) is 21.5. The van der Waals surface area contributed by atoms with Crippen molar-refractivity contribution in [3.63, 3.8) is 0 Å². The number of carbonyl (C=O) groups excluding carboxylic acids is 2. The maximum atomic E-state index is 12.6. The van der Waals surface area contributed by atoms with Gasteiger partial charge in [0.2, 0.25) is 11.8 Å². The minimum Gasteiger partial charge on any atom is -0.472 e. The molecule has 0 N–H and O–H groups in total. The number of fused-ring (bicyclic) bond motifs is 1. The first-order valence-electron chi connectivity index (χ1n) is 9.38. The number of aryl methyl sites for hydroxylation is 1. The van der Waals surface area contributed by atoms with Gasteiger partial charge in [-0.3, -0.25) is 9.59 Å². The monoisotopic (exact) mass is 382 g/mol. The number of aromatic nitrogens is 2. The predicted molar refractivity (Wildman–Crippen MR) is 100 cm³/mol. The molecule has 8 nitrogen and oxygen atoms in total. The fourth-order valence-electron chi connectivity index (χ4n) is 3.92. The van der Waals surface area contributed by atoms with E-state index in [9.17, 15) is 9.59 Å². The minimum atomic E-state index is -0.0733. The van der Waals surface area contributed by atoms with Crippen molar-refractivity contribution in [2.45, 2.75) is 31.8 Å². The lowest BCUT2D eigenvalue weighted by Gasteiger charge is -2.24. The highest BCUT2D eigenvalue weighted by Crippen LogP contribution is 2.32. The summed E-state index contributed by atoms with van der Waals surface area (Å²) in [6.07, 6.45) is 4.55. The number of rotatable bonds is 6. The van der Waals surface area contributed by atoms with Gasteiger partial charge in [0.25, 0.3) is 5.88 Å². The molecule has 2 aliphatic rings. The van der Waals surface area contributed by atoms with Crippen LogP contribution in [-0.2, 0) is 9.59 Å². The number of nitrogens with zero attached hydrogens (tertiary/aromatic N) is 4. The van der Waals surface area contributed by atoms with Crippen LogP contribution < -0.4 is 4.74 Å². The van der Waals surface area contributed by atoms with Crippen LogP contribution in [0.3, 0.4) is 0 Å². The van der Waals surface area contributed by atoms with Gasteiger partial charge in [0.15, 0.2) is 0 Å². The predicted octanol–water partition coefficient (Wildman–Crippen LogP) is 1.67. The van der Waals surface area contributed by atoms with Crippen molar-refractivity contribution in [2.75, 3.05) is 19.7 Å². The number of amides is 2. The van der Waals surface area contributed by atoms with E-state index in [-0.39, 0.29) is 23.9 Å². The molecule has 4 rings (SSSR count). The van der Waals surface area contributed by atoms with Crippen molar-refractivity contribution >= 4 is 17.9 Å². The van der Waals surface area contributed by atoms with E-state index in [4.69, 9.17) is 4.74 Å². The summed E-state index contributed by atoms with van der Waals surface area (Å²) in [5, 5.41) is 7.34. The molecule has 2 aliphatic heterocycles. The second-order valence-corrected chi connectivity index (χ2v) is 6.99. The Balaban J connectivity index is 1.35. The van der Waals surface area contributed by atoms with Crippen LogP contribution in [-0.4, -0.2) is 63.7 Å². The third-order valence-corrected chi connectivity index (χ3v) is 5.30. The maximum Gasteiger partial charge on any atom is 0.278 e. The quantitative estimate of drug-likeness (QED) is 0.706. The molecule has 3 heterocycles. The molecule has 28 heavy (non-hydrogen) atoms. The zero-order valence-electron chi connectivity index (χ0n) is 15.7. The van der Waals surface area contributed by atoms with Gasteiger partial charge in [0.1, 0.15) is 12.3 Å². The summed E-state index contributed by atoms with van der Waals surface area (Å²) in [5.74, 6) is 0.349. The van der Waals surface area contributed by atoms with E-state index in [1.54, 1.807) is 13.0 Å². The molecule has 0 spiro atoms. The van der Waals surface area contributed by atoms with Crippen LogP contribution in [0.5, 0.6) is 5.88 Å². The van der Waals surface area contributed by atoms with Gasteiger partial charge in [-0.2, -0.15) is 0 Å². The number of likely N-dealkylation sites (tertiary alicyclic amines) is 2. The number of hydrogen-bond acceptors (Lipinski definition) is 6. The molecule has 1 aromatic carbocycles. The molecule has 2 aromatic rings. The average Bonchev–Trinajstić information content (AvgIpc) is 3.37. The smallest absolute Gasteiger partial charge is 0.278 e. The maximum absolute atomic E-state index is 12.6. The van der Waals surface area contributed by atoms with Gasteiger partial charge in [-0.1, -0.05) is 35.5 Å². The summed E-state index contributed by atoms with van der Waals surface area (Å²) < 4.78 is 10.1. The van der Waals surface area contributed by atoms with Crippen LogP contribution >= 0.6 is 0 Å². The average molecular weight is 382 g/mol. The minimum absolute atomic E-state index is 0.0432. The Kier molecular flexibility index (Phi) is 5.10. The highest BCUT2D eigenvalue weighted by atomic mass is 16.6. The molecular formula is C20H22N4O4. The molecule has 2 amide bonds. The van der Waals surface area contributed by atoms with Gasteiger partial charge in [0, 0.05) is 19.0 Å². The fourth-order valence-corrected chi connectivity index (χ4v) is 3.92.